The summed E-state index contributed by atoms with van der Waals surface area (Å²) in [4.78, 5) is 14.1. The van der Waals surface area contributed by atoms with Gasteiger partial charge in [0, 0.05) is 13.1 Å². The molecule has 1 N–H and O–H groups in total. The summed E-state index contributed by atoms with van der Waals surface area (Å²) in [6.45, 7) is 5.24. The van der Waals surface area contributed by atoms with Crippen molar-refractivity contribution >= 4 is 18.3 Å². The van der Waals surface area contributed by atoms with Gasteiger partial charge in [0.25, 0.3) is 5.91 Å². The number of likely N-dealkylation sites (tertiary alicyclic amines) is 1. The number of rotatable bonds is 7. The second kappa shape index (κ2) is 10.3. The van der Waals surface area contributed by atoms with E-state index in [0.29, 0.717) is 24.0 Å². The zero-order chi connectivity index (χ0) is 15.8. The molecule has 0 unspecified atom stereocenters. The average molecular weight is 343 g/mol. The SMILES string of the molecule is CCOc1ccccc1OCC(=O)N1CCC(CNC)CC1.Cl. The van der Waals surface area contributed by atoms with Crippen LogP contribution in [0.5, 0.6) is 11.5 Å². The minimum absolute atomic E-state index is 0. The predicted molar refractivity (Wildman–Crippen MR) is 93.6 cm³/mol. The van der Waals surface area contributed by atoms with Gasteiger partial charge in [-0.05, 0) is 51.4 Å². The van der Waals surface area contributed by atoms with Gasteiger partial charge in [-0.2, -0.15) is 0 Å². The Labute approximate surface area is 144 Å². The average Bonchev–Trinajstić information content (AvgIpc) is 2.55. The molecule has 23 heavy (non-hydrogen) atoms. The molecular weight excluding hydrogens is 316 g/mol. The first-order valence-electron chi connectivity index (χ1n) is 8.01. The summed E-state index contributed by atoms with van der Waals surface area (Å²) in [5.41, 5.74) is 0. The van der Waals surface area contributed by atoms with Crippen LogP contribution in [0.4, 0.5) is 0 Å². The number of hydrogen-bond acceptors (Lipinski definition) is 4. The van der Waals surface area contributed by atoms with Gasteiger partial charge in [0.1, 0.15) is 0 Å². The molecule has 2 rings (SSSR count). The van der Waals surface area contributed by atoms with Crippen molar-refractivity contribution in [2.24, 2.45) is 5.92 Å². The molecule has 1 fully saturated rings. The molecule has 1 saturated heterocycles. The van der Waals surface area contributed by atoms with Crippen LogP contribution in [0.2, 0.25) is 0 Å². The van der Waals surface area contributed by atoms with Crippen LogP contribution in [0.15, 0.2) is 24.3 Å². The number of benzene rings is 1. The Kier molecular flexibility index (Phi) is 8.81. The van der Waals surface area contributed by atoms with Crippen LogP contribution in [0.1, 0.15) is 19.8 Å². The Morgan fingerprint density at radius 2 is 1.83 bits per heavy atom. The lowest BCUT2D eigenvalue weighted by Crippen LogP contribution is -2.42. The fourth-order valence-electron chi connectivity index (χ4n) is 2.75. The van der Waals surface area contributed by atoms with Crippen LogP contribution in [0, 0.1) is 5.92 Å². The summed E-state index contributed by atoms with van der Waals surface area (Å²) in [5.74, 6) is 2.04. The van der Waals surface area contributed by atoms with Crippen LogP contribution in [0.25, 0.3) is 0 Å². The Balaban J connectivity index is 0.00000264. The van der Waals surface area contributed by atoms with E-state index in [0.717, 1.165) is 32.5 Å². The van der Waals surface area contributed by atoms with E-state index in [-0.39, 0.29) is 24.9 Å². The van der Waals surface area contributed by atoms with Crippen molar-refractivity contribution in [3.8, 4) is 11.5 Å². The van der Waals surface area contributed by atoms with E-state index < -0.39 is 0 Å². The zero-order valence-electron chi connectivity index (χ0n) is 13.9. The van der Waals surface area contributed by atoms with Gasteiger partial charge in [0.15, 0.2) is 18.1 Å². The third-order valence-electron chi connectivity index (χ3n) is 3.96. The van der Waals surface area contributed by atoms with E-state index >= 15 is 0 Å². The van der Waals surface area contributed by atoms with E-state index in [2.05, 4.69) is 5.32 Å². The number of piperidine rings is 1. The van der Waals surface area contributed by atoms with E-state index in [1.807, 2.05) is 43.1 Å². The van der Waals surface area contributed by atoms with Gasteiger partial charge in [-0.25, -0.2) is 0 Å². The minimum atomic E-state index is 0. The summed E-state index contributed by atoms with van der Waals surface area (Å²) in [6.07, 6.45) is 2.12. The fourth-order valence-corrected chi connectivity index (χ4v) is 2.75. The highest BCUT2D eigenvalue weighted by atomic mass is 35.5. The first kappa shape index (κ1) is 19.6. The summed E-state index contributed by atoms with van der Waals surface area (Å²) in [5, 5.41) is 3.20. The molecule has 0 atom stereocenters. The van der Waals surface area contributed by atoms with Crippen LogP contribution in [-0.4, -0.2) is 50.7 Å². The molecule has 0 aromatic heterocycles. The molecular formula is C17H27ClN2O3. The van der Waals surface area contributed by atoms with Gasteiger partial charge >= 0.3 is 0 Å². The topological polar surface area (TPSA) is 50.8 Å². The zero-order valence-corrected chi connectivity index (χ0v) is 14.7. The maximum Gasteiger partial charge on any atom is 0.260 e. The number of ether oxygens (including phenoxy) is 2. The summed E-state index contributed by atoms with van der Waals surface area (Å²) in [7, 11) is 1.97. The lowest BCUT2D eigenvalue weighted by Gasteiger charge is -2.31. The molecule has 1 aliphatic rings. The number of para-hydroxylation sites is 2. The molecule has 1 aromatic carbocycles. The van der Waals surface area contributed by atoms with E-state index in [9.17, 15) is 4.79 Å². The van der Waals surface area contributed by atoms with Crippen molar-refractivity contribution in [2.45, 2.75) is 19.8 Å². The number of carbonyl (C=O) groups is 1. The van der Waals surface area contributed by atoms with Crippen molar-refractivity contribution in [1.29, 1.82) is 0 Å². The normalized spacial score (nSPS) is 15.0. The van der Waals surface area contributed by atoms with Crippen molar-refractivity contribution in [3.05, 3.63) is 24.3 Å². The molecule has 0 spiro atoms. The number of nitrogens with zero attached hydrogens (tertiary/aromatic N) is 1. The molecule has 130 valence electrons. The first-order valence-corrected chi connectivity index (χ1v) is 8.01. The minimum Gasteiger partial charge on any atom is -0.490 e. The fraction of sp³-hybridized carbons (Fsp3) is 0.588. The summed E-state index contributed by atoms with van der Waals surface area (Å²) < 4.78 is 11.1. The third-order valence-corrected chi connectivity index (χ3v) is 3.96. The van der Waals surface area contributed by atoms with Gasteiger partial charge in [0.2, 0.25) is 0 Å². The Morgan fingerprint density at radius 1 is 1.22 bits per heavy atom. The van der Waals surface area contributed by atoms with Crippen molar-refractivity contribution in [3.63, 3.8) is 0 Å². The number of amides is 1. The van der Waals surface area contributed by atoms with E-state index in [4.69, 9.17) is 9.47 Å². The second-order valence-electron chi connectivity index (χ2n) is 5.55. The lowest BCUT2D eigenvalue weighted by molar-refractivity contribution is -0.134. The Hall–Kier alpha value is -1.46. The molecule has 0 radical (unpaired) electrons. The largest absolute Gasteiger partial charge is 0.490 e. The van der Waals surface area contributed by atoms with Crippen LogP contribution in [-0.2, 0) is 4.79 Å². The van der Waals surface area contributed by atoms with Gasteiger partial charge in [-0.15, -0.1) is 12.4 Å². The third kappa shape index (κ3) is 5.92. The molecule has 1 amide bonds. The van der Waals surface area contributed by atoms with Crippen LogP contribution in [0.3, 0.4) is 0 Å². The molecule has 5 nitrogen and oxygen atoms in total. The molecule has 1 heterocycles. The summed E-state index contributed by atoms with van der Waals surface area (Å²) in [6, 6.07) is 7.46. The number of nitrogens with one attached hydrogen (secondary N) is 1. The highest BCUT2D eigenvalue weighted by Gasteiger charge is 2.22. The number of hydrogen-bond donors (Lipinski definition) is 1. The van der Waals surface area contributed by atoms with Gasteiger partial charge in [-0.1, -0.05) is 12.1 Å². The standard InChI is InChI=1S/C17H26N2O3.ClH/c1-3-21-15-6-4-5-7-16(15)22-13-17(20)19-10-8-14(9-11-19)12-18-2;/h4-7,14,18H,3,8-13H2,1-2H3;1H. The molecule has 1 aromatic rings. The maximum atomic E-state index is 12.2. The quantitative estimate of drug-likeness (QED) is 0.826. The predicted octanol–water partition coefficient (Wildman–Crippen LogP) is 2.34. The van der Waals surface area contributed by atoms with E-state index in [1.54, 1.807) is 0 Å². The molecule has 0 saturated carbocycles. The molecule has 6 heteroatoms. The highest BCUT2D eigenvalue weighted by Crippen LogP contribution is 2.26. The van der Waals surface area contributed by atoms with Gasteiger partial charge in [0.05, 0.1) is 6.61 Å². The molecule has 1 aliphatic heterocycles. The molecule has 0 bridgehead atoms. The maximum absolute atomic E-state index is 12.2. The van der Waals surface area contributed by atoms with Gasteiger partial charge in [-0.3, -0.25) is 4.79 Å². The summed E-state index contributed by atoms with van der Waals surface area (Å²) >= 11 is 0. The number of halogens is 1. The van der Waals surface area contributed by atoms with Crippen molar-refractivity contribution in [1.82, 2.24) is 10.2 Å². The Bertz CT molecular complexity index is 477. The smallest absolute Gasteiger partial charge is 0.260 e. The van der Waals surface area contributed by atoms with Crippen molar-refractivity contribution in [2.75, 3.05) is 39.9 Å². The number of carbonyl (C=O) groups excluding carboxylic acids is 1. The van der Waals surface area contributed by atoms with Crippen molar-refractivity contribution < 1.29 is 14.3 Å². The van der Waals surface area contributed by atoms with E-state index in [1.165, 1.54) is 0 Å². The monoisotopic (exact) mass is 342 g/mol. The first-order chi connectivity index (χ1) is 10.7. The van der Waals surface area contributed by atoms with Crippen LogP contribution >= 0.6 is 12.4 Å². The highest BCUT2D eigenvalue weighted by molar-refractivity contribution is 5.85. The van der Waals surface area contributed by atoms with Gasteiger partial charge < -0.3 is 19.7 Å². The second-order valence-corrected chi connectivity index (χ2v) is 5.55. The molecule has 0 aliphatic carbocycles. The van der Waals surface area contributed by atoms with Crippen LogP contribution < -0.4 is 14.8 Å². The Morgan fingerprint density at radius 3 is 2.39 bits per heavy atom. The lowest BCUT2D eigenvalue weighted by atomic mass is 9.97.